The molecular formula is C50H35NO. The second-order valence-corrected chi connectivity index (χ2v) is 15.0. The Labute approximate surface area is 303 Å². The summed E-state index contributed by atoms with van der Waals surface area (Å²) in [6.07, 6.45) is 0.953. The van der Waals surface area contributed by atoms with Crippen LogP contribution in [0.1, 0.15) is 47.6 Å². The number of nitrogens with zero attached hydrogens (tertiary/aromatic N) is 1. The molecule has 11 rings (SSSR count). The van der Waals surface area contributed by atoms with Crippen LogP contribution in [-0.4, -0.2) is 4.98 Å². The van der Waals surface area contributed by atoms with Crippen LogP contribution in [-0.2, 0) is 11.8 Å². The largest absolute Gasteiger partial charge is 0.456 e. The Balaban J connectivity index is 1.06. The average Bonchev–Trinajstić information content (AvgIpc) is 3.68. The van der Waals surface area contributed by atoms with Crippen LogP contribution >= 0.6 is 0 Å². The Hall–Kier alpha value is -6.25. The minimum atomic E-state index is -0.0275. The van der Waals surface area contributed by atoms with Crippen molar-refractivity contribution in [3.8, 4) is 44.6 Å². The highest BCUT2D eigenvalue weighted by atomic mass is 16.3. The van der Waals surface area contributed by atoms with E-state index in [0.29, 0.717) is 0 Å². The van der Waals surface area contributed by atoms with E-state index >= 15 is 0 Å². The normalized spacial score (nSPS) is 15.4. The molecule has 0 saturated carbocycles. The molecule has 0 radical (unpaired) electrons. The lowest BCUT2D eigenvalue weighted by Gasteiger charge is -2.30. The van der Waals surface area contributed by atoms with Crippen LogP contribution in [0.5, 0.6) is 0 Å². The standard InChI is InChI=1S/C50H35NO/c1-50(2)43-20-10-8-17-35(43)42-28-40-32(26-44(42)50)25-39(33-15-6-7-16-34(33)40)31-23-24-38-48(27-31)52-47-22-12-19-37(49(38)47)41-29-46(30-13-4-3-5-14-30)51-45-21-11-9-18-36(41)45/h3-24,26-29,39H,25H2,1-2H3. The van der Waals surface area contributed by atoms with Crippen molar-refractivity contribution in [3.05, 3.63) is 186 Å². The first-order valence-corrected chi connectivity index (χ1v) is 18.3. The summed E-state index contributed by atoms with van der Waals surface area (Å²) in [4.78, 5) is 5.07. The minimum absolute atomic E-state index is 0.0275. The molecule has 2 aliphatic rings. The molecular weight excluding hydrogens is 631 g/mol. The number of hydrogen-bond donors (Lipinski definition) is 0. The summed E-state index contributed by atoms with van der Waals surface area (Å²) in [6, 6.07) is 57.5. The lowest BCUT2D eigenvalue weighted by atomic mass is 9.73. The highest BCUT2D eigenvalue weighted by Gasteiger charge is 2.37. The molecule has 0 saturated heterocycles. The number of fused-ring (bicyclic) bond motifs is 10. The fraction of sp³-hybridized carbons (Fsp3) is 0.100. The lowest BCUT2D eigenvalue weighted by molar-refractivity contribution is 0.657. The topological polar surface area (TPSA) is 26.0 Å². The SMILES string of the molecule is CC1(C)c2ccccc2-c2cc3c(cc21)CC(c1ccc2c(c1)oc1cccc(-c4cc(-c5ccccc5)nc5ccccc45)c12)c1ccccc1-3. The molecule has 1 atom stereocenters. The number of rotatable bonds is 3. The van der Waals surface area contributed by atoms with Crippen molar-refractivity contribution in [3.63, 3.8) is 0 Å². The molecule has 0 N–H and O–H groups in total. The number of aromatic nitrogens is 1. The van der Waals surface area contributed by atoms with Gasteiger partial charge in [0.05, 0.1) is 11.2 Å². The van der Waals surface area contributed by atoms with Gasteiger partial charge in [0, 0.05) is 33.1 Å². The van der Waals surface area contributed by atoms with Crippen molar-refractivity contribution in [2.45, 2.75) is 31.6 Å². The maximum absolute atomic E-state index is 6.74. The fourth-order valence-electron chi connectivity index (χ4n) is 9.32. The van der Waals surface area contributed by atoms with E-state index in [0.717, 1.165) is 61.6 Å². The first-order valence-electron chi connectivity index (χ1n) is 18.3. The lowest BCUT2D eigenvalue weighted by Crippen LogP contribution is -2.17. The summed E-state index contributed by atoms with van der Waals surface area (Å²) in [7, 11) is 0. The van der Waals surface area contributed by atoms with E-state index < -0.39 is 0 Å². The average molecular weight is 666 g/mol. The highest BCUT2D eigenvalue weighted by Crippen LogP contribution is 2.53. The Bertz CT molecular complexity index is 2910. The van der Waals surface area contributed by atoms with Gasteiger partial charge < -0.3 is 4.42 Å². The van der Waals surface area contributed by atoms with Gasteiger partial charge >= 0.3 is 0 Å². The predicted octanol–water partition coefficient (Wildman–Crippen LogP) is 13.1. The molecule has 0 bridgehead atoms. The Morgan fingerprint density at radius 3 is 2.21 bits per heavy atom. The van der Waals surface area contributed by atoms with Crippen molar-refractivity contribution >= 4 is 32.8 Å². The van der Waals surface area contributed by atoms with Crippen LogP contribution in [0, 0.1) is 0 Å². The van der Waals surface area contributed by atoms with Gasteiger partial charge in [-0.2, -0.15) is 0 Å². The van der Waals surface area contributed by atoms with Crippen LogP contribution in [0.2, 0.25) is 0 Å². The zero-order chi connectivity index (χ0) is 34.6. The number of para-hydroxylation sites is 1. The van der Waals surface area contributed by atoms with E-state index in [9.17, 15) is 0 Å². The van der Waals surface area contributed by atoms with Crippen molar-refractivity contribution in [2.24, 2.45) is 0 Å². The summed E-state index contributed by atoms with van der Waals surface area (Å²) in [5, 5.41) is 3.42. The van der Waals surface area contributed by atoms with Gasteiger partial charge in [-0.05, 0) is 98.0 Å². The third-order valence-electron chi connectivity index (χ3n) is 11.9. The molecule has 0 spiro atoms. The second-order valence-electron chi connectivity index (χ2n) is 15.0. The molecule has 246 valence electrons. The maximum atomic E-state index is 6.74. The van der Waals surface area contributed by atoms with Crippen LogP contribution < -0.4 is 0 Å². The second kappa shape index (κ2) is 10.9. The molecule has 0 fully saturated rings. The van der Waals surface area contributed by atoms with E-state index in [1.54, 1.807) is 0 Å². The molecule has 2 heterocycles. The monoisotopic (exact) mass is 665 g/mol. The number of pyridine rings is 1. The number of furan rings is 1. The molecule has 0 aliphatic heterocycles. The maximum Gasteiger partial charge on any atom is 0.136 e. The molecule has 2 heteroatoms. The zero-order valence-electron chi connectivity index (χ0n) is 29.2. The van der Waals surface area contributed by atoms with Gasteiger partial charge in [-0.1, -0.05) is 141 Å². The van der Waals surface area contributed by atoms with Gasteiger partial charge in [-0.15, -0.1) is 0 Å². The zero-order valence-corrected chi connectivity index (χ0v) is 29.2. The third-order valence-corrected chi connectivity index (χ3v) is 11.9. The molecule has 1 unspecified atom stereocenters. The Kier molecular flexibility index (Phi) is 6.16. The van der Waals surface area contributed by atoms with Crippen LogP contribution in [0.25, 0.3) is 77.5 Å². The van der Waals surface area contributed by atoms with Gasteiger partial charge in [-0.3, -0.25) is 0 Å². The first-order chi connectivity index (χ1) is 25.5. The first kappa shape index (κ1) is 29.5. The third kappa shape index (κ3) is 4.21. The Morgan fingerprint density at radius 1 is 0.538 bits per heavy atom. The molecule has 9 aromatic rings. The van der Waals surface area contributed by atoms with Gasteiger partial charge in [0.15, 0.2) is 0 Å². The van der Waals surface area contributed by atoms with E-state index in [1.165, 1.54) is 50.1 Å². The van der Waals surface area contributed by atoms with Gasteiger partial charge in [-0.25, -0.2) is 4.98 Å². The van der Waals surface area contributed by atoms with Crippen molar-refractivity contribution < 1.29 is 4.42 Å². The fourth-order valence-corrected chi connectivity index (χ4v) is 9.32. The summed E-state index contributed by atoms with van der Waals surface area (Å²) < 4.78 is 6.74. The van der Waals surface area contributed by atoms with Gasteiger partial charge in [0.25, 0.3) is 0 Å². The summed E-state index contributed by atoms with van der Waals surface area (Å²) in [5.41, 5.74) is 19.6. The molecule has 52 heavy (non-hydrogen) atoms. The van der Waals surface area contributed by atoms with Crippen LogP contribution in [0.15, 0.2) is 162 Å². The van der Waals surface area contributed by atoms with Crippen LogP contribution in [0.4, 0.5) is 0 Å². The highest BCUT2D eigenvalue weighted by molar-refractivity contribution is 6.15. The Morgan fingerprint density at radius 2 is 1.31 bits per heavy atom. The van der Waals surface area contributed by atoms with E-state index in [2.05, 4.69) is 172 Å². The molecule has 0 amide bonds. The quantitative estimate of drug-likeness (QED) is 0.188. The number of hydrogen-bond acceptors (Lipinski definition) is 2. The van der Waals surface area contributed by atoms with Crippen LogP contribution in [0.3, 0.4) is 0 Å². The number of benzene rings is 7. The van der Waals surface area contributed by atoms with Crippen molar-refractivity contribution in [1.82, 2.24) is 4.98 Å². The van der Waals surface area contributed by atoms with Gasteiger partial charge in [0.2, 0.25) is 0 Å². The van der Waals surface area contributed by atoms with Crippen molar-refractivity contribution in [2.75, 3.05) is 0 Å². The summed E-state index contributed by atoms with van der Waals surface area (Å²) in [6.45, 7) is 4.75. The minimum Gasteiger partial charge on any atom is -0.456 e. The smallest absolute Gasteiger partial charge is 0.136 e. The molecule has 2 nitrogen and oxygen atoms in total. The van der Waals surface area contributed by atoms with E-state index in [1.807, 2.05) is 0 Å². The van der Waals surface area contributed by atoms with Gasteiger partial charge in [0.1, 0.15) is 11.2 Å². The van der Waals surface area contributed by atoms with E-state index in [4.69, 9.17) is 9.40 Å². The summed E-state index contributed by atoms with van der Waals surface area (Å²) >= 11 is 0. The molecule has 2 aliphatic carbocycles. The summed E-state index contributed by atoms with van der Waals surface area (Å²) in [5.74, 6) is 0.225. The molecule has 7 aromatic carbocycles. The van der Waals surface area contributed by atoms with Crippen molar-refractivity contribution in [1.29, 1.82) is 0 Å². The predicted molar refractivity (Wildman–Crippen MR) is 215 cm³/mol. The van der Waals surface area contributed by atoms with E-state index in [-0.39, 0.29) is 11.3 Å². The molecule has 2 aromatic heterocycles.